The summed E-state index contributed by atoms with van der Waals surface area (Å²) in [6, 6.07) is 0. The Bertz CT molecular complexity index is 104. The van der Waals surface area contributed by atoms with Crippen LogP contribution < -0.4 is 29.6 Å². The Hall–Kier alpha value is 1.87. The van der Waals surface area contributed by atoms with Gasteiger partial charge in [-0.15, -0.1) is 0 Å². The molecule has 0 amide bonds. The van der Waals surface area contributed by atoms with E-state index >= 15 is 0 Å². The Morgan fingerprint density at radius 3 is 1.25 bits per heavy atom. The van der Waals surface area contributed by atoms with E-state index in [1.807, 2.05) is 0 Å². The van der Waals surface area contributed by atoms with Crippen LogP contribution in [-0.2, 0) is 43.7 Å². The van der Waals surface area contributed by atoms with E-state index in [4.69, 9.17) is 17.5 Å². The molecule has 8 heavy (non-hydrogen) atoms. The maximum atomic E-state index is 8.74. The van der Waals surface area contributed by atoms with Gasteiger partial charge in [-0.3, -0.25) is 9.11 Å². The Morgan fingerprint density at radius 2 is 1.25 bits per heavy atom. The number of hydrogen-bond acceptors (Lipinski definition) is 2. The van der Waals surface area contributed by atoms with Gasteiger partial charge in [-0.25, -0.2) is 0 Å². The van der Waals surface area contributed by atoms with Gasteiger partial charge in [0.05, 0.1) is 0 Å². The van der Waals surface area contributed by atoms with Crippen molar-refractivity contribution in [1.82, 2.24) is 0 Å². The van der Waals surface area contributed by atoms with Crippen LogP contribution in [0.1, 0.15) is 1.43 Å². The summed E-state index contributed by atoms with van der Waals surface area (Å²) in [5.41, 5.74) is 0. The maximum Gasteiger partial charge on any atom is 1.00 e. The second-order valence-corrected chi connectivity index (χ2v) is 1.34. The third-order valence-electron chi connectivity index (χ3n) is 0. The van der Waals surface area contributed by atoms with E-state index < -0.39 is 10.4 Å². The summed E-state index contributed by atoms with van der Waals surface area (Å²) < 4.78 is 31.6. The third kappa shape index (κ3) is 106. The van der Waals surface area contributed by atoms with Gasteiger partial charge >= 0.3 is 40.0 Å². The fourth-order valence-corrected chi connectivity index (χ4v) is 0. The molecule has 2 N–H and O–H groups in total. The van der Waals surface area contributed by atoms with E-state index in [2.05, 4.69) is 0 Å². The average molecular weight is 240 g/mol. The van der Waals surface area contributed by atoms with Crippen LogP contribution in [0, 0.1) is 0 Å². The predicted molar refractivity (Wildman–Crippen MR) is 15.3 cm³/mol. The minimum Gasteiger partial charge on any atom is -1.00 e. The van der Waals surface area contributed by atoms with Crippen LogP contribution in [0.15, 0.2) is 0 Å². The average Bonchev–Trinajstić information content (AvgIpc) is 0.722. The molecule has 0 saturated heterocycles. The Labute approximate surface area is 91.3 Å². The molecule has 53 valence electrons. The minimum atomic E-state index is -4.67. The molecule has 1 radical (unpaired) electrons. The van der Waals surface area contributed by atoms with Gasteiger partial charge in [-0.2, -0.15) is 8.42 Å². The van der Waals surface area contributed by atoms with E-state index in [0.29, 0.717) is 0 Å². The van der Waals surface area contributed by atoms with Crippen molar-refractivity contribution in [3.05, 3.63) is 0 Å². The van der Waals surface area contributed by atoms with E-state index in [1.165, 1.54) is 0 Å². The van der Waals surface area contributed by atoms with E-state index in [9.17, 15) is 0 Å². The molecule has 0 bridgehead atoms. The molecule has 0 aliphatic heterocycles. The molecule has 0 saturated carbocycles. The van der Waals surface area contributed by atoms with Crippen LogP contribution in [0.25, 0.3) is 0 Å². The molecule has 0 unspecified atom stereocenters. The van der Waals surface area contributed by atoms with Crippen LogP contribution in [-0.4, -0.2) is 17.5 Å². The zero-order chi connectivity index (χ0) is 4.50. The predicted octanol–water partition coefficient (Wildman–Crippen LogP) is -3.54. The van der Waals surface area contributed by atoms with Crippen LogP contribution in [0.5, 0.6) is 0 Å². The van der Waals surface area contributed by atoms with Gasteiger partial charge in [0.1, 0.15) is 0 Å². The fourth-order valence-electron chi connectivity index (χ4n) is 0. The Balaban J connectivity index is -0.0000000133. The fraction of sp³-hybridized carbons (Fsp3) is 0. The van der Waals surface area contributed by atoms with Gasteiger partial charge in [0.25, 0.3) is 0 Å². The molecule has 0 aromatic carbocycles. The third-order valence-corrected chi connectivity index (χ3v) is 0. The Morgan fingerprint density at radius 1 is 1.25 bits per heavy atom. The monoisotopic (exact) mass is 239 g/mol. The topological polar surface area (TPSA) is 74.6 Å². The summed E-state index contributed by atoms with van der Waals surface area (Å²) in [6.45, 7) is 0. The number of hydrogen-bond donors (Lipinski definition) is 2. The zero-order valence-electron chi connectivity index (χ0n) is 4.77. The second kappa shape index (κ2) is 8.87. The molecule has 0 aliphatic carbocycles. The van der Waals surface area contributed by atoms with Gasteiger partial charge in [-0.1, -0.05) is 0 Å². The standard InChI is InChI=1S/Co.Na.Ni.H2O4S.H/c;;;1-5(2,3)4;/h;;;(H2,1,2,3,4);/q;+1;;;-1. The summed E-state index contributed by atoms with van der Waals surface area (Å²) in [5.74, 6) is 0. The summed E-state index contributed by atoms with van der Waals surface area (Å²) in [4.78, 5) is 0. The summed E-state index contributed by atoms with van der Waals surface area (Å²) in [6.07, 6.45) is 0. The molecule has 0 atom stereocenters. The van der Waals surface area contributed by atoms with Crippen molar-refractivity contribution in [1.29, 1.82) is 0 Å². The molecular formula is H3CoNaNiO4S. The van der Waals surface area contributed by atoms with Crippen molar-refractivity contribution in [2.24, 2.45) is 0 Å². The molecule has 0 aromatic heterocycles. The van der Waals surface area contributed by atoms with Crippen LogP contribution >= 0.6 is 0 Å². The molecule has 4 nitrogen and oxygen atoms in total. The maximum absolute atomic E-state index is 8.74. The van der Waals surface area contributed by atoms with Gasteiger partial charge < -0.3 is 1.43 Å². The van der Waals surface area contributed by atoms with E-state index in [0.717, 1.165) is 0 Å². The summed E-state index contributed by atoms with van der Waals surface area (Å²) in [5, 5.41) is 0. The van der Waals surface area contributed by atoms with E-state index in [1.54, 1.807) is 0 Å². The molecule has 0 spiro atoms. The first-order valence-electron chi connectivity index (χ1n) is 0.698. The van der Waals surface area contributed by atoms with Crippen molar-refractivity contribution >= 4 is 10.4 Å². The van der Waals surface area contributed by atoms with Crippen LogP contribution in [0.3, 0.4) is 0 Å². The zero-order valence-corrected chi connectivity index (χ0v) is 8.61. The van der Waals surface area contributed by atoms with Gasteiger partial charge in [0, 0.05) is 33.3 Å². The van der Waals surface area contributed by atoms with Crippen LogP contribution in [0.4, 0.5) is 0 Å². The normalized spacial score (nSPS) is 7.25. The first-order valence-corrected chi connectivity index (χ1v) is 2.10. The minimum absolute atomic E-state index is 0. The van der Waals surface area contributed by atoms with Gasteiger partial charge in [-0.05, 0) is 0 Å². The molecular weight excluding hydrogens is 237 g/mol. The molecule has 0 heterocycles. The summed E-state index contributed by atoms with van der Waals surface area (Å²) >= 11 is 0. The molecule has 0 rings (SSSR count). The first-order chi connectivity index (χ1) is 2.00. The van der Waals surface area contributed by atoms with Crippen molar-refractivity contribution in [3.8, 4) is 0 Å². The van der Waals surface area contributed by atoms with Crippen molar-refractivity contribution in [3.63, 3.8) is 0 Å². The molecule has 8 heteroatoms. The number of rotatable bonds is 0. The van der Waals surface area contributed by atoms with Gasteiger partial charge in [0.2, 0.25) is 0 Å². The summed E-state index contributed by atoms with van der Waals surface area (Å²) in [7, 11) is -4.67. The smallest absolute Gasteiger partial charge is 1.00 e. The molecule has 0 aliphatic rings. The quantitative estimate of drug-likeness (QED) is 0.339. The second-order valence-electron chi connectivity index (χ2n) is 0.448. The van der Waals surface area contributed by atoms with Crippen molar-refractivity contribution < 1.29 is 81.8 Å². The van der Waals surface area contributed by atoms with E-state index in [-0.39, 0.29) is 64.3 Å². The van der Waals surface area contributed by atoms with Gasteiger partial charge in [0.15, 0.2) is 0 Å². The molecule has 0 fully saturated rings. The molecule has 0 aromatic rings. The van der Waals surface area contributed by atoms with Crippen molar-refractivity contribution in [2.45, 2.75) is 0 Å². The Kier molecular flexibility index (Phi) is 25.0. The first kappa shape index (κ1) is 22.5. The van der Waals surface area contributed by atoms with Crippen molar-refractivity contribution in [2.75, 3.05) is 0 Å². The SMILES string of the molecule is O=S(=O)(O)O.[Co].[H-].[Na+].[Ni]. The van der Waals surface area contributed by atoms with Crippen LogP contribution in [0.2, 0.25) is 0 Å². The largest absolute Gasteiger partial charge is 1.00 e.